The van der Waals surface area contributed by atoms with Gasteiger partial charge < -0.3 is 0 Å². The average Bonchev–Trinajstić information content (AvgIpc) is 1.62. The predicted octanol–water partition coefficient (Wildman–Crippen LogP) is 1.12. The topological polar surface area (TPSA) is 0 Å². The number of hydrogen-bond acceptors (Lipinski definition) is 0. The minimum Gasteiger partial charge on any atom is -0.0696 e. The van der Waals surface area contributed by atoms with Gasteiger partial charge in [0.05, 0.1) is 0 Å². The van der Waals surface area contributed by atoms with Gasteiger partial charge in [0.25, 0.3) is 0 Å². The lowest BCUT2D eigenvalue weighted by Crippen LogP contribution is -1.56. The highest BCUT2D eigenvalue weighted by molar-refractivity contribution is 5.36. The summed E-state index contributed by atoms with van der Waals surface area (Å²) in [6, 6.07) is 0. The van der Waals surface area contributed by atoms with Crippen molar-refractivity contribution in [1.82, 2.24) is 0 Å². The van der Waals surface area contributed by atoms with Crippen LogP contribution in [0.15, 0.2) is 24.3 Å². The van der Waals surface area contributed by atoms with Crippen LogP contribution in [0.2, 0.25) is 0 Å². The fourth-order valence-corrected chi connectivity index (χ4v) is 0.359. The first-order valence-corrected chi connectivity index (χ1v) is 2.32. The SMILES string of the molecule is C1#C/C=C\C#C/C=C\1. The third kappa shape index (κ3) is 1.37. The normalized spacial score (nSPS) is 20.0. The Morgan fingerprint density at radius 3 is 1.00 bits per heavy atom. The van der Waals surface area contributed by atoms with Crippen LogP contribution in [-0.2, 0) is 0 Å². The highest BCUT2D eigenvalue weighted by Crippen LogP contribution is 1.74. The lowest BCUT2D eigenvalue weighted by atomic mass is 10.4. The first-order chi connectivity index (χ1) is 4.00. The molecule has 0 amide bonds. The highest BCUT2D eigenvalue weighted by Gasteiger charge is 1.62. The molecule has 0 N–H and O–H groups in total. The van der Waals surface area contributed by atoms with Gasteiger partial charge in [0.15, 0.2) is 0 Å². The van der Waals surface area contributed by atoms with E-state index in [1.807, 2.05) is 0 Å². The van der Waals surface area contributed by atoms with Gasteiger partial charge in [-0.3, -0.25) is 0 Å². The van der Waals surface area contributed by atoms with Gasteiger partial charge in [-0.2, -0.15) is 0 Å². The van der Waals surface area contributed by atoms with Gasteiger partial charge in [-0.15, -0.1) is 0 Å². The number of rotatable bonds is 0. The Morgan fingerprint density at radius 2 is 0.750 bits per heavy atom. The van der Waals surface area contributed by atoms with Crippen molar-refractivity contribution in [1.29, 1.82) is 0 Å². The molecule has 0 heteroatoms. The largest absolute Gasteiger partial charge is 0.0696 e. The van der Waals surface area contributed by atoms with Gasteiger partial charge in [-0.05, 0) is 24.3 Å². The molecule has 1 aliphatic rings. The molecule has 0 aromatic rings. The minimum absolute atomic E-state index is 1.73. The van der Waals surface area contributed by atoms with E-state index in [1.165, 1.54) is 0 Å². The van der Waals surface area contributed by atoms with E-state index in [9.17, 15) is 0 Å². The van der Waals surface area contributed by atoms with Crippen LogP contribution in [0.5, 0.6) is 0 Å². The van der Waals surface area contributed by atoms with E-state index in [4.69, 9.17) is 0 Å². The molecule has 0 heterocycles. The Balaban J connectivity index is 2.82. The summed E-state index contributed by atoms with van der Waals surface area (Å²) < 4.78 is 0. The number of allylic oxidation sites excluding steroid dienone is 4. The van der Waals surface area contributed by atoms with E-state index in [0.717, 1.165) is 0 Å². The van der Waals surface area contributed by atoms with Crippen LogP contribution >= 0.6 is 0 Å². The van der Waals surface area contributed by atoms with Crippen LogP contribution in [0.1, 0.15) is 0 Å². The predicted molar refractivity (Wildman–Crippen MR) is 33.8 cm³/mol. The third-order valence-electron chi connectivity index (χ3n) is 0.667. The van der Waals surface area contributed by atoms with Crippen molar-refractivity contribution in [2.45, 2.75) is 0 Å². The van der Waals surface area contributed by atoms with Gasteiger partial charge in [-0.1, -0.05) is 23.7 Å². The molecule has 0 fully saturated rings. The molecule has 0 saturated carbocycles. The molecule has 0 nitrogen and oxygen atoms in total. The zero-order valence-electron chi connectivity index (χ0n) is 4.31. The Hall–Kier alpha value is -1.40. The summed E-state index contributed by atoms with van der Waals surface area (Å²) in [7, 11) is 0. The molecule has 0 unspecified atom stereocenters. The smallest absolute Gasteiger partial charge is 0.00316 e. The van der Waals surface area contributed by atoms with Crippen molar-refractivity contribution < 1.29 is 0 Å². The standard InChI is InChI=1S/C8H4/c1-2-4-6-8-7-5-3-1/h1-2,7-8H/b2-1-,8-7-. The van der Waals surface area contributed by atoms with E-state index in [2.05, 4.69) is 23.7 Å². The minimum atomic E-state index is 1.73. The third-order valence-corrected chi connectivity index (χ3v) is 0.667. The molecular formula is C8H4. The summed E-state index contributed by atoms with van der Waals surface area (Å²) in [6.07, 6.45) is 6.93. The molecule has 8 heavy (non-hydrogen) atoms. The summed E-state index contributed by atoms with van der Waals surface area (Å²) in [5, 5.41) is 0. The molecular weight excluding hydrogens is 96.1 g/mol. The van der Waals surface area contributed by atoms with Gasteiger partial charge >= 0.3 is 0 Å². The van der Waals surface area contributed by atoms with Gasteiger partial charge in [0, 0.05) is 0 Å². The molecule has 0 spiro atoms. The van der Waals surface area contributed by atoms with E-state index in [-0.39, 0.29) is 0 Å². The van der Waals surface area contributed by atoms with E-state index < -0.39 is 0 Å². The summed E-state index contributed by atoms with van der Waals surface area (Å²) in [6.45, 7) is 0. The average molecular weight is 100 g/mol. The molecule has 0 aromatic carbocycles. The van der Waals surface area contributed by atoms with Crippen LogP contribution in [-0.4, -0.2) is 0 Å². The summed E-state index contributed by atoms with van der Waals surface area (Å²) in [5.74, 6) is 11.1. The Kier molecular flexibility index (Phi) is 1.62. The summed E-state index contributed by atoms with van der Waals surface area (Å²) in [5.41, 5.74) is 0. The first kappa shape index (κ1) is 4.75. The molecule has 0 saturated heterocycles. The highest BCUT2D eigenvalue weighted by atomic mass is 13.7. The fourth-order valence-electron chi connectivity index (χ4n) is 0.359. The van der Waals surface area contributed by atoms with Gasteiger partial charge in [0.1, 0.15) is 0 Å². The first-order valence-electron chi connectivity index (χ1n) is 2.32. The lowest BCUT2D eigenvalue weighted by Gasteiger charge is -1.68. The van der Waals surface area contributed by atoms with Crippen molar-refractivity contribution in [3.63, 3.8) is 0 Å². The second-order valence-corrected chi connectivity index (χ2v) is 1.24. The maximum Gasteiger partial charge on any atom is -0.00316 e. The Morgan fingerprint density at radius 1 is 0.500 bits per heavy atom. The molecule has 0 bridgehead atoms. The second-order valence-electron chi connectivity index (χ2n) is 1.24. The van der Waals surface area contributed by atoms with Crippen LogP contribution in [0.25, 0.3) is 0 Å². The van der Waals surface area contributed by atoms with Crippen molar-refractivity contribution in [3.8, 4) is 23.7 Å². The quantitative estimate of drug-likeness (QED) is 0.400. The lowest BCUT2D eigenvalue weighted by molar-refractivity contribution is 2.03. The zero-order chi connectivity index (χ0) is 5.66. The fraction of sp³-hybridized carbons (Fsp3) is 0. The zero-order valence-corrected chi connectivity index (χ0v) is 4.31. The Bertz CT molecular complexity index is 185. The summed E-state index contributed by atoms with van der Waals surface area (Å²) >= 11 is 0. The summed E-state index contributed by atoms with van der Waals surface area (Å²) in [4.78, 5) is 0. The Labute approximate surface area is 48.9 Å². The van der Waals surface area contributed by atoms with Crippen molar-refractivity contribution in [2.75, 3.05) is 0 Å². The molecule has 36 valence electrons. The van der Waals surface area contributed by atoms with Crippen LogP contribution < -0.4 is 0 Å². The molecule has 0 radical (unpaired) electrons. The van der Waals surface area contributed by atoms with Crippen LogP contribution in [0.3, 0.4) is 0 Å². The van der Waals surface area contributed by atoms with Gasteiger partial charge in [0.2, 0.25) is 0 Å². The van der Waals surface area contributed by atoms with Crippen LogP contribution in [0.4, 0.5) is 0 Å². The van der Waals surface area contributed by atoms with Crippen LogP contribution in [0, 0.1) is 23.7 Å². The van der Waals surface area contributed by atoms with Crippen molar-refractivity contribution in [3.05, 3.63) is 24.3 Å². The number of hydrogen-bond donors (Lipinski definition) is 0. The monoisotopic (exact) mass is 100 g/mol. The van der Waals surface area contributed by atoms with Crippen molar-refractivity contribution >= 4 is 0 Å². The van der Waals surface area contributed by atoms with Gasteiger partial charge in [-0.25, -0.2) is 0 Å². The molecule has 1 rings (SSSR count). The second kappa shape index (κ2) is 2.72. The molecule has 1 aliphatic carbocycles. The maximum atomic E-state index is 2.77. The molecule has 0 aliphatic heterocycles. The maximum absolute atomic E-state index is 2.77. The molecule has 0 atom stereocenters. The van der Waals surface area contributed by atoms with E-state index >= 15 is 0 Å². The van der Waals surface area contributed by atoms with E-state index in [1.54, 1.807) is 24.3 Å². The molecule has 0 aromatic heterocycles. The van der Waals surface area contributed by atoms with Crippen molar-refractivity contribution in [2.24, 2.45) is 0 Å². The van der Waals surface area contributed by atoms with E-state index in [0.29, 0.717) is 0 Å².